The number of hydrogen-bond acceptors (Lipinski definition) is 6. The molecular formula is C22H29Cl2N7O. The molecule has 2 fully saturated rings. The fourth-order valence-electron chi connectivity index (χ4n) is 4.52. The number of aryl methyl sites for hydroxylation is 1. The summed E-state index contributed by atoms with van der Waals surface area (Å²) in [7, 11) is 0. The Morgan fingerprint density at radius 1 is 1.38 bits per heavy atom. The van der Waals surface area contributed by atoms with Crippen molar-refractivity contribution >= 4 is 51.3 Å². The number of aromatic nitrogens is 3. The molecule has 1 aliphatic carbocycles. The number of nitrogens with two attached hydrogens (primary N) is 1. The number of halogens is 2. The third-order valence-electron chi connectivity index (χ3n) is 6.33. The normalized spacial score (nSPS) is 20.5. The summed E-state index contributed by atoms with van der Waals surface area (Å²) in [4.78, 5) is 28.0. The summed E-state index contributed by atoms with van der Waals surface area (Å²) >= 11 is 12.7. The van der Waals surface area contributed by atoms with Crippen molar-refractivity contribution in [2.75, 3.05) is 25.0 Å². The molecule has 2 aromatic heterocycles. The van der Waals surface area contributed by atoms with Gasteiger partial charge in [-0.05, 0) is 32.1 Å². The quantitative estimate of drug-likeness (QED) is 0.586. The van der Waals surface area contributed by atoms with Crippen molar-refractivity contribution in [3.05, 3.63) is 29.3 Å². The molecule has 0 bridgehead atoms. The molecule has 1 atom stereocenters. The Hall–Kier alpha value is -2.32. The van der Waals surface area contributed by atoms with Crippen LogP contribution in [0.4, 0.5) is 5.95 Å². The molecule has 3 N–H and O–H groups in total. The molecule has 10 heteroatoms. The average molecular weight is 478 g/mol. The van der Waals surface area contributed by atoms with Crippen molar-refractivity contribution in [1.29, 1.82) is 0 Å². The number of carbonyl (C=O) groups excluding carboxylic acids is 1. The first-order chi connectivity index (χ1) is 15.5. The van der Waals surface area contributed by atoms with Crippen molar-refractivity contribution in [2.45, 2.75) is 45.6 Å². The van der Waals surface area contributed by atoms with Gasteiger partial charge in [0, 0.05) is 50.7 Å². The number of fused-ring (bicyclic) bond motifs is 1. The summed E-state index contributed by atoms with van der Waals surface area (Å²) in [5.74, 6) is 1.20. The van der Waals surface area contributed by atoms with Crippen LogP contribution >= 0.6 is 23.2 Å². The molecule has 172 valence electrons. The van der Waals surface area contributed by atoms with Gasteiger partial charge in [-0.15, -0.1) is 0 Å². The average Bonchev–Trinajstić information content (AvgIpc) is 3.56. The molecule has 1 amide bonds. The minimum absolute atomic E-state index is 0.220. The molecule has 4 rings (SSSR count). The Balaban J connectivity index is 1.37. The molecule has 2 aliphatic rings. The first-order valence-electron chi connectivity index (χ1n) is 11.2. The van der Waals surface area contributed by atoms with Gasteiger partial charge < -0.3 is 20.5 Å². The first-order valence-corrected chi connectivity index (χ1v) is 11.9. The number of aliphatic imine (C=N–C) groups is 1. The molecule has 1 aliphatic heterocycles. The number of rotatable bonds is 7. The Kier molecular flexibility index (Phi) is 7.20. The zero-order valence-corrected chi connectivity index (χ0v) is 19.7. The summed E-state index contributed by atoms with van der Waals surface area (Å²) in [6.07, 6.45) is 10.2. The van der Waals surface area contributed by atoms with E-state index < -0.39 is 0 Å². The molecule has 0 spiro atoms. The second kappa shape index (κ2) is 10.1. The van der Waals surface area contributed by atoms with Gasteiger partial charge in [0.1, 0.15) is 10.8 Å². The molecular weight excluding hydrogens is 449 g/mol. The number of carbonyl (C=O) groups is 1. The Morgan fingerprint density at radius 2 is 2.16 bits per heavy atom. The van der Waals surface area contributed by atoms with Crippen LogP contribution in [0.3, 0.4) is 0 Å². The van der Waals surface area contributed by atoms with Gasteiger partial charge in [0.25, 0.3) is 0 Å². The van der Waals surface area contributed by atoms with Gasteiger partial charge >= 0.3 is 0 Å². The largest absolute Gasteiger partial charge is 0.403 e. The van der Waals surface area contributed by atoms with Crippen LogP contribution in [-0.2, 0) is 11.3 Å². The van der Waals surface area contributed by atoms with E-state index in [0.29, 0.717) is 35.0 Å². The highest BCUT2D eigenvalue weighted by molar-refractivity contribution is 6.69. The minimum Gasteiger partial charge on any atom is -0.403 e. The Labute approximate surface area is 197 Å². The number of allylic oxidation sites excluding steroid dienone is 1. The second-order valence-corrected chi connectivity index (χ2v) is 9.22. The summed E-state index contributed by atoms with van der Waals surface area (Å²) in [5, 5.41) is 4.71. The van der Waals surface area contributed by atoms with E-state index in [4.69, 9.17) is 28.9 Å². The van der Waals surface area contributed by atoms with Gasteiger partial charge in [-0.2, -0.15) is 4.98 Å². The standard InChI is InChI=1S/C22H29Cl2N7O/c1-2-30-13-17(23)16-11-27-22(29-20(16)30)28-18(9-25)19(24)26-10-14-7-8-31(12-14)21(32)15-5-3-4-6-15/h9,11,13-15H,2-8,10,12,25H2,1H3,(H,27,28,29)/b18-9+,26-19?/t14-/m1/s1. The van der Waals surface area contributed by atoms with E-state index in [0.717, 1.165) is 49.9 Å². The van der Waals surface area contributed by atoms with Crippen LogP contribution in [0, 0.1) is 11.8 Å². The minimum atomic E-state index is 0.220. The van der Waals surface area contributed by atoms with E-state index >= 15 is 0 Å². The number of nitrogens with zero attached hydrogens (tertiary/aromatic N) is 5. The first kappa shape index (κ1) is 22.9. The van der Waals surface area contributed by atoms with E-state index in [2.05, 4.69) is 20.3 Å². The van der Waals surface area contributed by atoms with Crippen LogP contribution in [0.1, 0.15) is 39.0 Å². The van der Waals surface area contributed by atoms with Gasteiger partial charge in [-0.1, -0.05) is 36.0 Å². The van der Waals surface area contributed by atoms with Crippen LogP contribution in [0.25, 0.3) is 11.0 Å². The van der Waals surface area contributed by atoms with E-state index in [1.165, 1.54) is 19.0 Å². The molecule has 0 aromatic carbocycles. The lowest BCUT2D eigenvalue weighted by Gasteiger charge is -2.20. The lowest BCUT2D eigenvalue weighted by Crippen LogP contribution is -2.33. The van der Waals surface area contributed by atoms with Gasteiger partial charge in [-0.25, -0.2) is 4.98 Å². The van der Waals surface area contributed by atoms with E-state index in [9.17, 15) is 4.79 Å². The molecule has 3 heterocycles. The maximum absolute atomic E-state index is 12.6. The highest BCUT2D eigenvalue weighted by Gasteiger charge is 2.32. The third kappa shape index (κ3) is 4.86. The van der Waals surface area contributed by atoms with Crippen LogP contribution in [0.5, 0.6) is 0 Å². The number of amides is 1. The topological polar surface area (TPSA) is 101 Å². The van der Waals surface area contributed by atoms with Gasteiger partial charge in [0.2, 0.25) is 11.9 Å². The monoisotopic (exact) mass is 477 g/mol. The van der Waals surface area contributed by atoms with E-state index in [1.54, 1.807) is 6.20 Å². The van der Waals surface area contributed by atoms with Crippen LogP contribution in [0.2, 0.25) is 5.02 Å². The molecule has 1 saturated heterocycles. The second-order valence-electron chi connectivity index (χ2n) is 8.45. The van der Waals surface area contributed by atoms with Crippen molar-refractivity contribution in [3.8, 4) is 0 Å². The smallest absolute Gasteiger partial charge is 0.229 e. The maximum atomic E-state index is 12.6. The fourth-order valence-corrected chi connectivity index (χ4v) is 4.95. The number of likely N-dealkylation sites (tertiary alicyclic amines) is 1. The molecule has 32 heavy (non-hydrogen) atoms. The number of anilines is 1. The van der Waals surface area contributed by atoms with Crippen molar-refractivity contribution < 1.29 is 4.79 Å². The van der Waals surface area contributed by atoms with Gasteiger partial charge in [0.05, 0.1) is 16.1 Å². The molecule has 0 radical (unpaired) electrons. The molecule has 0 unspecified atom stereocenters. The van der Waals surface area contributed by atoms with Crippen molar-refractivity contribution in [3.63, 3.8) is 0 Å². The van der Waals surface area contributed by atoms with Crippen molar-refractivity contribution in [2.24, 2.45) is 22.6 Å². The fraction of sp³-hybridized carbons (Fsp3) is 0.545. The predicted molar refractivity (Wildman–Crippen MR) is 129 cm³/mol. The zero-order chi connectivity index (χ0) is 22.7. The maximum Gasteiger partial charge on any atom is 0.229 e. The molecule has 1 saturated carbocycles. The molecule has 8 nitrogen and oxygen atoms in total. The third-order valence-corrected chi connectivity index (χ3v) is 6.96. The Bertz CT molecular complexity index is 1040. The summed E-state index contributed by atoms with van der Waals surface area (Å²) in [6, 6.07) is 0. The predicted octanol–water partition coefficient (Wildman–Crippen LogP) is 3.99. The molecule has 2 aromatic rings. The van der Waals surface area contributed by atoms with Crippen molar-refractivity contribution in [1.82, 2.24) is 19.4 Å². The Morgan fingerprint density at radius 3 is 2.88 bits per heavy atom. The van der Waals surface area contributed by atoms with E-state index in [-0.39, 0.29) is 11.1 Å². The number of hydrogen-bond donors (Lipinski definition) is 2. The van der Waals surface area contributed by atoms with Crippen LogP contribution < -0.4 is 11.1 Å². The summed E-state index contributed by atoms with van der Waals surface area (Å²) in [6.45, 7) is 4.85. The lowest BCUT2D eigenvalue weighted by molar-refractivity contribution is -0.134. The van der Waals surface area contributed by atoms with E-state index in [1.807, 2.05) is 22.6 Å². The SMILES string of the molecule is CCn1cc(Cl)c2cnc(N/C(=C/N)C(Cl)=NC[C@H]3CCN(C(=O)C4CCCC4)C3)nc21. The summed E-state index contributed by atoms with van der Waals surface area (Å²) in [5.41, 5.74) is 6.95. The van der Waals surface area contributed by atoms with Crippen LogP contribution in [-0.4, -0.2) is 50.1 Å². The van der Waals surface area contributed by atoms with Gasteiger partial charge in [-0.3, -0.25) is 9.79 Å². The van der Waals surface area contributed by atoms with Crippen LogP contribution in [0.15, 0.2) is 29.3 Å². The highest BCUT2D eigenvalue weighted by Crippen LogP contribution is 2.29. The zero-order valence-electron chi connectivity index (χ0n) is 18.2. The summed E-state index contributed by atoms with van der Waals surface area (Å²) < 4.78 is 1.95. The highest BCUT2D eigenvalue weighted by atomic mass is 35.5. The number of nitrogens with one attached hydrogen (secondary N) is 1. The van der Waals surface area contributed by atoms with Gasteiger partial charge in [0.15, 0.2) is 0 Å². The lowest BCUT2D eigenvalue weighted by atomic mass is 10.1.